The van der Waals surface area contributed by atoms with Crippen LogP contribution >= 0.6 is 0 Å². The summed E-state index contributed by atoms with van der Waals surface area (Å²) in [4.78, 5) is 11.7. The molecule has 1 aliphatic rings. The minimum Gasteiger partial charge on any atom is -0.340 e. The predicted octanol–water partition coefficient (Wildman–Crippen LogP) is 1.81. The van der Waals surface area contributed by atoms with Gasteiger partial charge in [-0.1, -0.05) is 0 Å². The SMILES string of the molecule is N#Cc1ccc2ncc3[nH]c(CS(=O)(=O)NCC4CC4)nc3c2c1. The van der Waals surface area contributed by atoms with Gasteiger partial charge in [0.1, 0.15) is 11.6 Å². The van der Waals surface area contributed by atoms with Gasteiger partial charge in [-0.15, -0.1) is 0 Å². The molecule has 2 aromatic heterocycles. The number of fused-ring (bicyclic) bond motifs is 3. The smallest absolute Gasteiger partial charge is 0.218 e. The van der Waals surface area contributed by atoms with Crippen molar-refractivity contribution in [2.75, 3.05) is 6.54 Å². The fourth-order valence-corrected chi connectivity index (χ4v) is 3.73. The summed E-state index contributed by atoms with van der Waals surface area (Å²) in [5.74, 6) is 0.645. The van der Waals surface area contributed by atoms with Gasteiger partial charge in [-0.2, -0.15) is 5.26 Å². The molecule has 3 aromatic rings. The van der Waals surface area contributed by atoms with Crippen molar-refractivity contribution < 1.29 is 8.42 Å². The molecule has 2 heterocycles. The second-order valence-electron chi connectivity index (χ2n) is 6.10. The number of aromatic nitrogens is 3. The van der Waals surface area contributed by atoms with E-state index in [0.717, 1.165) is 18.2 Å². The number of rotatable bonds is 5. The third-order valence-corrected chi connectivity index (χ3v) is 5.37. The molecule has 0 spiro atoms. The summed E-state index contributed by atoms with van der Waals surface area (Å²) in [5.41, 5.74) is 2.52. The molecule has 1 fully saturated rings. The van der Waals surface area contributed by atoms with Crippen molar-refractivity contribution in [1.82, 2.24) is 19.7 Å². The summed E-state index contributed by atoms with van der Waals surface area (Å²) in [6.45, 7) is 0.499. The van der Waals surface area contributed by atoms with Gasteiger partial charge < -0.3 is 4.98 Å². The van der Waals surface area contributed by atoms with Gasteiger partial charge in [0.15, 0.2) is 0 Å². The standard InChI is InChI=1S/C16H15N5O2S/c17-6-11-3-4-13-12(5-11)16-14(8-18-13)20-15(21-16)9-24(22,23)19-7-10-1-2-10/h3-5,8,10,19H,1-2,7,9H2,(H,20,21). The Hall–Kier alpha value is -2.50. The lowest BCUT2D eigenvalue weighted by molar-refractivity contribution is 0.575. The largest absolute Gasteiger partial charge is 0.340 e. The molecule has 0 bridgehead atoms. The lowest BCUT2D eigenvalue weighted by Gasteiger charge is -2.03. The van der Waals surface area contributed by atoms with Gasteiger partial charge in [-0.05, 0) is 37.0 Å². The average molecular weight is 341 g/mol. The molecule has 0 amide bonds. The molecule has 0 radical (unpaired) electrons. The maximum Gasteiger partial charge on any atom is 0.218 e. The molecular weight excluding hydrogens is 326 g/mol. The maximum atomic E-state index is 12.1. The highest BCUT2D eigenvalue weighted by Gasteiger charge is 2.24. The monoisotopic (exact) mass is 341 g/mol. The Morgan fingerprint density at radius 3 is 2.96 bits per heavy atom. The summed E-state index contributed by atoms with van der Waals surface area (Å²) >= 11 is 0. The molecule has 2 N–H and O–H groups in total. The number of hydrogen-bond acceptors (Lipinski definition) is 5. The summed E-state index contributed by atoms with van der Waals surface area (Å²) < 4.78 is 26.9. The number of nitriles is 1. The molecule has 0 aliphatic heterocycles. The van der Waals surface area contributed by atoms with Gasteiger partial charge in [0, 0.05) is 11.9 Å². The van der Waals surface area contributed by atoms with Gasteiger partial charge in [-0.25, -0.2) is 18.1 Å². The molecule has 122 valence electrons. The van der Waals surface area contributed by atoms with Crippen molar-refractivity contribution in [3.05, 3.63) is 35.8 Å². The van der Waals surface area contributed by atoms with Gasteiger partial charge >= 0.3 is 0 Å². The lowest BCUT2D eigenvalue weighted by Crippen LogP contribution is -2.27. The van der Waals surface area contributed by atoms with Gasteiger partial charge in [0.2, 0.25) is 10.0 Å². The van der Waals surface area contributed by atoms with Crippen LogP contribution in [-0.2, 0) is 15.8 Å². The number of hydrogen-bond donors (Lipinski definition) is 2. The number of nitrogens with zero attached hydrogens (tertiary/aromatic N) is 3. The normalized spacial score (nSPS) is 15.0. The average Bonchev–Trinajstić information content (AvgIpc) is 3.31. The van der Waals surface area contributed by atoms with Crippen molar-refractivity contribution in [1.29, 1.82) is 5.26 Å². The van der Waals surface area contributed by atoms with E-state index in [2.05, 4.69) is 25.7 Å². The first-order valence-electron chi connectivity index (χ1n) is 7.69. The number of nitrogens with one attached hydrogen (secondary N) is 2. The topological polar surface area (TPSA) is 112 Å². The fourth-order valence-electron chi connectivity index (χ4n) is 2.64. The Balaban J connectivity index is 1.69. The van der Waals surface area contributed by atoms with Crippen molar-refractivity contribution >= 4 is 32.0 Å². The first-order valence-corrected chi connectivity index (χ1v) is 9.34. The molecule has 0 atom stereocenters. The Kier molecular flexibility index (Phi) is 3.48. The molecule has 4 rings (SSSR count). The number of aromatic amines is 1. The third kappa shape index (κ3) is 2.96. The number of pyridine rings is 1. The number of H-pyrrole nitrogens is 1. The Morgan fingerprint density at radius 2 is 2.21 bits per heavy atom. The quantitative estimate of drug-likeness (QED) is 0.735. The fraction of sp³-hybridized carbons (Fsp3) is 0.312. The molecule has 1 aliphatic carbocycles. The van der Waals surface area contributed by atoms with Crippen LogP contribution in [0.1, 0.15) is 24.2 Å². The van der Waals surface area contributed by atoms with E-state index in [4.69, 9.17) is 5.26 Å². The van der Waals surface area contributed by atoms with E-state index in [1.165, 1.54) is 0 Å². The summed E-state index contributed by atoms with van der Waals surface area (Å²) in [7, 11) is -3.42. The Bertz CT molecular complexity index is 1080. The van der Waals surface area contributed by atoms with E-state index >= 15 is 0 Å². The molecule has 1 aromatic carbocycles. The van der Waals surface area contributed by atoms with E-state index in [1.807, 2.05) is 0 Å². The zero-order valence-corrected chi connectivity index (χ0v) is 13.6. The van der Waals surface area contributed by atoms with Crippen molar-refractivity contribution in [2.45, 2.75) is 18.6 Å². The number of imidazole rings is 1. The molecule has 8 heteroatoms. The highest BCUT2D eigenvalue weighted by molar-refractivity contribution is 7.88. The number of benzene rings is 1. The second-order valence-corrected chi connectivity index (χ2v) is 7.91. The lowest BCUT2D eigenvalue weighted by atomic mass is 10.1. The van der Waals surface area contributed by atoms with E-state index in [1.54, 1.807) is 24.4 Å². The van der Waals surface area contributed by atoms with Crippen molar-refractivity contribution in [2.24, 2.45) is 5.92 Å². The zero-order valence-electron chi connectivity index (χ0n) is 12.8. The highest BCUT2D eigenvalue weighted by atomic mass is 32.2. The van der Waals surface area contributed by atoms with Crippen LogP contribution < -0.4 is 4.72 Å². The summed E-state index contributed by atoms with van der Waals surface area (Å²) in [6.07, 6.45) is 3.81. The Labute approximate surface area is 138 Å². The van der Waals surface area contributed by atoms with Crippen LogP contribution in [0.5, 0.6) is 0 Å². The van der Waals surface area contributed by atoms with Crippen LogP contribution in [-0.4, -0.2) is 29.9 Å². The van der Waals surface area contributed by atoms with Crippen LogP contribution in [0.2, 0.25) is 0 Å². The van der Waals surface area contributed by atoms with Crippen LogP contribution in [0.4, 0.5) is 0 Å². The minimum absolute atomic E-state index is 0.201. The van der Waals surface area contributed by atoms with Crippen LogP contribution in [0, 0.1) is 17.2 Å². The molecular formula is C16H15N5O2S. The highest BCUT2D eigenvalue weighted by Crippen LogP contribution is 2.28. The van der Waals surface area contributed by atoms with Crippen molar-refractivity contribution in [3.8, 4) is 6.07 Å². The van der Waals surface area contributed by atoms with Crippen molar-refractivity contribution in [3.63, 3.8) is 0 Å². The molecule has 0 unspecified atom stereocenters. The van der Waals surface area contributed by atoms with Gasteiger partial charge in [0.05, 0.1) is 34.4 Å². The predicted molar refractivity (Wildman–Crippen MR) is 89.5 cm³/mol. The van der Waals surface area contributed by atoms with E-state index < -0.39 is 10.0 Å². The molecule has 7 nitrogen and oxygen atoms in total. The zero-order chi connectivity index (χ0) is 16.7. The molecule has 1 saturated carbocycles. The number of sulfonamides is 1. The van der Waals surface area contributed by atoms with E-state index in [9.17, 15) is 8.42 Å². The van der Waals surface area contributed by atoms with Gasteiger partial charge in [0.25, 0.3) is 0 Å². The van der Waals surface area contributed by atoms with E-state index in [-0.39, 0.29) is 5.75 Å². The molecule has 24 heavy (non-hydrogen) atoms. The Morgan fingerprint density at radius 1 is 1.38 bits per heavy atom. The second kappa shape index (κ2) is 5.54. The first-order chi connectivity index (χ1) is 11.5. The van der Waals surface area contributed by atoms with E-state index in [0.29, 0.717) is 40.4 Å². The third-order valence-electron chi connectivity index (χ3n) is 4.11. The maximum absolute atomic E-state index is 12.1. The summed E-state index contributed by atoms with van der Waals surface area (Å²) in [5, 5.41) is 9.78. The molecule has 0 saturated heterocycles. The minimum atomic E-state index is -3.42. The van der Waals surface area contributed by atoms with Crippen LogP contribution in [0.15, 0.2) is 24.4 Å². The first kappa shape index (κ1) is 15.1. The van der Waals surface area contributed by atoms with Gasteiger partial charge in [-0.3, -0.25) is 4.98 Å². The van der Waals surface area contributed by atoms with Crippen LogP contribution in [0.3, 0.4) is 0 Å². The summed E-state index contributed by atoms with van der Waals surface area (Å²) in [6, 6.07) is 7.26. The van der Waals surface area contributed by atoms with Crippen LogP contribution in [0.25, 0.3) is 21.9 Å².